The zero-order chi connectivity index (χ0) is 25.4. The minimum Gasteiger partial charge on any atom is -0.503 e. The Kier molecular flexibility index (Phi) is 6.24. The summed E-state index contributed by atoms with van der Waals surface area (Å²) in [6.45, 7) is 5.97. The lowest BCUT2D eigenvalue weighted by Gasteiger charge is -2.27. The Balaban J connectivity index is 1.60. The van der Waals surface area contributed by atoms with E-state index in [4.69, 9.17) is 0 Å². The molecule has 1 aliphatic rings. The number of rotatable bonds is 6. The number of hydrogen-bond acceptors (Lipinski definition) is 6. The lowest BCUT2D eigenvalue weighted by Crippen LogP contribution is -2.31. The van der Waals surface area contributed by atoms with Gasteiger partial charge >= 0.3 is 0 Å². The Hall–Kier alpha value is -4.10. The first-order chi connectivity index (χ1) is 17.4. The van der Waals surface area contributed by atoms with Crippen molar-refractivity contribution in [3.05, 3.63) is 112 Å². The van der Waals surface area contributed by atoms with Crippen LogP contribution in [-0.2, 0) is 4.79 Å². The lowest BCUT2D eigenvalue weighted by molar-refractivity contribution is -0.117. The van der Waals surface area contributed by atoms with E-state index < -0.39 is 23.5 Å². The van der Waals surface area contributed by atoms with E-state index in [0.717, 1.165) is 11.1 Å². The van der Waals surface area contributed by atoms with Crippen LogP contribution in [0, 0.1) is 6.92 Å². The van der Waals surface area contributed by atoms with Crippen molar-refractivity contribution in [2.24, 2.45) is 0 Å². The van der Waals surface area contributed by atoms with E-state index in [2.05, 4.69) is 23.8 Å². The number of hydrogen-bond donors (Lipinski definition) is 1. The van der Waals surface area contributed by atoms with Crippen LogP contribution in [0.5, 0.6) is 0 Å². The molecule has 2 aromatic heterocycles. The first-order valence-electron chi connectivity index (χ1n) is 11.7. The standard InChI is InChI=1S/C29H25N3O3S/c1-17(2)19-9-11-22(12-10-19)32-24(20-13-15-30-16-14-20)23(26(34)29(32)35)25(33)27-18(3)31-28(36-27)21-7-5-4-6-8-21/h4-17,24,34H,1-3H3. The molecule has 0 saturated heterocycles. The van der Waals surface area contributed by atoms with Crippen molar-refractivity contribution in [3.63, 3.8) is 0 Å². The van der Waals surface area contributed by atoms with Gasteiger partial charge in [0.2, 0.25) is 5.78 Å². The van der Waals surface area contributed by atoms with Crippen molar-refractivity contribution in [1.29, 1.82) is 0 Å². The van der Waals surface area contributed by atoms with Crippen molar-refractivity contribution in [2.75, 3.05) is 4.90 Å². The molecule has 36 heavy (non-hydrogen) atoms. The SMILES string of the molecule is Cc1nc(-c2ccccc2)sc1C(=O)C1=C(O)C(=O)N(c2ccc(C(C)C)cc2)C1c1ccncc1. The molecule has 3 heterocycles. The van der Waals surface area contributed by atoms with Gasteiger partial charge in [-0.15, -0.1) is 11.3 Å². The molecule has 180 valence electrons. The molecule has 1 N–H and O–H groups in total. The highest BCUT2D eigenvalue weighted by Crippen LogP contribution is 2.43. The second-order valence-electron chi connectivity index (χ2n) is 9.00. The fourth-order valence-corrected chi connectivity index (χ4v) is 5.44. The zero-order valence-electron chi connectivity index (χ0n) is 20.2. The number of aliphatic hydroxyl groups is 1. The molecule has 0 saturated carbocycles. The molecule has 7 heteroatoms. The van der Waals surface area contributed by atoms with Crippen LogP contribution >= 0.6 is 11.3 Å². The Bertz CT molecular complexity index is 1460. The summed E-state index contributed by atoms with van der Waals surface area (Å²) >= 11 is 1.26. The third-order valence-electron chi connectivity index (χ3n) is 6.34. The maximum absolute atomic E-state index is 13.9. The Labute approximate surface area is 213 Å². The summed E-state index contributed by atoms with van der Waals surface area (Å²) in [4.78, 5) is 37.9. The van der Waals surface area contributed by atoms with Crippen LogP contribution in [0.4, 0.5) is 5.69 Å². The van der Waals surface area contributed by atoms with Gasteiger partial charge in [-0.05, 0) is 48.2 Å². The third-order valence-corrected chi connectivity index (χ3v) is 7.54. The van der Waals surface area contributed by atoms with Crippen molar-refractivity contribution in [2.45, 2.75) is 32.7 Å². The maximum atomic E-state index is 13.9. The van der Waals surface area contributed by atoms with Crippen LogP contribution in [0.1, 0.15) is 52.3 Å². The number of carbonyl (C=O) groups is 2. The summed E-state index contributed by atoms with van der Waals surface area (Å²) in [7, 11) is 0. The molecule has 0 spiro atoms. The predicted molar refractivity (Wildman–Crippen MR) is 141 cm³/mol. The van der Waals surface area contributed by atoms with Crippen LogP contribution < -0.4 is 4.90 Å². The first kappa shape index (κ1) is 23.6. The van der Waals surface area contributed by atoms with Gasteiger partial charge in [0.15, 0.2) is 5.76 Å². The fourth-order valence-electron chi connectivity index (χ4n) is 4.42. The van der Waals surface area contributed by atoms with Crippen molar-refractivity contribution in [3.8, 4) is 10.6 Å². The molecule has 6 nitrogen and oxygen atoms in total. The van der Waals surface area contributed by atoms with Crippen LogP contribution in [0.15, 0.2) is 90.5 Å². The molecule has 0 aliphatic carbocycles. The van der Waals surface area contributed by atoms with Crippen molar-refractivity contribution >= 4 is 28.7 Å². The second kappa shape index (κ2) is 9.51. The van der Waals surface area contributed by atoms with Gasteiger partial charge in [-0.2, -0.15) is 0 Å². The van der Waals surface area contributed by atoms with Gasteiger partial charge in [0.05, 0.1) is 22.2 Å². The van der Waals surface area contributed by atoms with E-state index in [-0.39, 0.29) is 5.57 Å². The van der Waals surface area contributed by atoms with E-state index in [9.17, 15) is 14.7 Å². The number of carbonyl (C=O) groups excluding carboxylic acids is 2. The van der Waals surface area contributed by atoms with Gasteiger partial charge in [0, 0.05) is 23.6 Å². The maximum Gasteiger partial charge on any atom is 0.294 e. The molecule has 5 rings (SSSR count). The first-order valence-corrected chi connectivity index (χ1v) is 12.5. The number of amides is 1. The summed E-state index contributed by atoms with van der Waals surface area (Å²) < 4.78 is 0. The van der Waals surface area contributed by atoms with Gasteiger partial charge in [-0.1, -0.05) is 56.3 Å². The van der Waals surface area contributed by atoms with Gasteiger partial charge < -0.3 is 5.11 Å². The van der Waals surface area contributed by atoms with Gasteiger partial charge in [0.1, 0.15) is 5.01 Å². The van der Waals surface area contributed by atoms with E-state index >= 15 is 0 Å². The van der Waals surface area contributed by atoms with E-state index in [0.29, 0.717) is 32.7 Å². The molecule has 1 amide bonds. The summed E-state index contributed by atoms with van der Waals surface area (Å²) in [5, 5.41) is 11.8. The smallest absolute Gasteiger partial charge is 0.294 e. The number of Topliss-reactive ketones (excluding diaryl/α,β-unsaturated/α-hetero) is 1. The summed E-state index contributed by atoms with van der Waals surface area (Å²) in [6, 6.07) is 20.0. The highest BCUT2D eigenvalue weighted by molar-refractivity contribution is 7.17. The largest absolute Gasteiger partial charge is 0.503 e. The van der Waals surface area contributed by atoms with Crippen LogP contribution in [0.2, 0.25) is 0 Å². The number of nitrogens with zero attached hydrogens (tertiary/aromatic N) is 3. The van der Waals surface area contributed by atoms with Gasteiger partial charge in [0.25, 0.3) is 5.91 Å². The summed E-state index contributed by atoms with van der Waals surface area (Å²) in [6.07, 6.45) is 3.23. The molecule has 0 bridgehead atoms. The number of pyridine rings is 1. The quantitative estimate of drug-likeness (QED) is 0.312. The van der Waals surface area contributed by atoms with E-state index in [1.165, 1.54) is 16.2 Å². The molecule has 0 radical (unpaired) electrons. The molecule has 0 fully saturated rings. The average Bonchev–Trinajstić information content (AvgIpc) is 3.42. The van der Waals surface area contributed by atoms with E-state index in [1.54, 1.807) is 31.5 Å². The number of ketones is 1. The number of benzene rings is 2. The Morgan fingerprint density at radius 3 is 2.31 bits per heavy atom. The lowest BCUT2D eigenvalue weighted by atomic mass is 9.95. The normalized spacial score (nSPS) is 15.7. The number of thiazole rings is 1. The topological polar surface area (TPSA) is 83.4 Å². The highest BCUT2D eigenvalue weighted by atomic mass is 32.1. The van der Waals surface area contributed by atoms with Crippen LogP contribution in [0.25, 0.3) is 10.6 Å². The fraction of sp³-hybridized carbons (Fsp3) is 0.172. The molecule has 1 aliphatic heterocycles. The summed E-state index contributed by atoms with van der Waals surface area (Å²) in [5.41, 5.74) is 3.93. The Morgan fingerprint density at radius 1 is 1.00 bits per heavy atom. The average molecular weight is 496 g/mol. The number of aliphatic hydroxyl groups excluding tert-OH is 1. The van der Waals surface area contributed by atoms with Crippen molar-refractivity contribution in [1.82, 2.24) is 9.97 Å². The predicted octanol–water partition coefficient (Wildman–Crippen LogP) is 6.42. The molecular weight excluding hydrogens is 470 g/mol. The van der Waals surface area contributed by atoms with E-state index in [1.807, 2.05) is 54.6 Å². The molecule has 1 atom stereocenters. The second-order valence-corrected chi connectivity index (χ2v) is 9.99. The van der Waals surface area contributed by atoms with Crippen molar-refractivity contribution < 1.29 is 14.7 Å². The summed E-state index contributed by atoms with van der Waals surface area (Å²) in [5.74, 6) is -1.21. The number of anilines is 1. The van der Waals surface area contributed by atoms with Gasteiger partial charge in [-0.3, -0.25) is 19.5 Å². The Morgan fingerprint density at radius 2 is 1.67 bits per heavy atom. The minimum atomic E-state index is -0.792. The monoisotopic (exact) mass is 495 g/mol. The highest BCUT2D eigenvalue weighted by Gasteiger charge is 2.45. The van der Waals surface area contributed by atoms with Crippen LogP contribution in [-0.4, -0.2) is 26.8 Å². The molecular formula is C29H25N3O3S. The molecule has 2 aromatic carbocycles. The third kappa shape index (κ3) is 4.12. The number of aryl methyl sites for hydroxylation is 1. The molecule has 1 unspecified atom stereocenters. The molecule has 4 aromatic rings. The van der Waals surface area contributed by atoms with Crippen LogP contribution in [0.3, 0.4) is 0 Å². The zero-order valence-corrected chi connectivity index (χ0v) is 21.0. The van der Waals surface area contributed by atoms with Gasteiger partial charge in [-0.25, -0.2) is 4.98 Å². The minimum absolute atomic E-state index is 0.0468. The number of aromatic nitrogens is 2.